The zero-order valence-corrected chi connectivity index (χ0v) is 14.4. The van der Waals surface area contributed by atoms with Crippen molar-refractivity contribution in [1.82, 2.24) is 10.2 Å². The number of nitrogens with zero attached hydrogens (tertiary/aromatic N) is 1. The average molecular weight is 396 g/mol. The van der Waals surface area contributed by atoms with Crippen molar-refractivity contribution in [2.45, 2.75) is 32.1 Å². The van der Waals surface area contributed by atoms with Crippen LogP contribution in [0.5, 0.6) is 0 Å². The molecule has 27 heavy (non-hydrogen) atoms. The van der Waals surface area contributed by atoms with Crippen LogP contribution >= 0.6 is 0 Å². The molecule has 0 bridgehead atoms. The predicted molar refractivity (Wildman–Crippen MR) is 83.8 cm³/mol. The summed E-state index contributed by atoms with van der Waals surface area (Å²) in [7, 11) is 0. The molecule has 0 saturated carbocycles. The number of halogens is 6. The van der Waals surface area contributed by atoms with Crippen LogP contribution in [0.4, 0.5) is 26.3 Å². The highest BCUT2D eigenvalue weighted by atomic mass is 19.4. The minimum absolute atomic E-state index is 0.0233. The first kappa shape index (κ1) is 21.0. The number of nitrogens with one attached hydrogen (secondary N) is 1. The largest absolute Gasteiger partial charge is 0.416 e. The van der Waals surface area contributed by atoms with Crippen molar-refractivity contribution in [3.8, 4) is 0 Å². The van der Waals surface area contributed by atoms with Crippen molar-refractivity contribution in [1.29, 1.82) is 0 Å². The predicted octanol–water partition coefficient (Wildman–Crippen LogP) is 3.71. The van der Waals surface area contributed by atoms with Gasteiger partial charge >= 0.3 is 12.4 Å². The summed E-state index contributed by atoms with van der Waals surface area (Å²) >= 11 is 0. The van der Waals surface area contributed by atoms with E-state index in [0.29, 0.717) is 31.5 Å². The second-order valence-electron chi connectivity index (χ2n) is 6.28. The minimum Gasteiger partial charge on any atom is -0.356 e. The van der Waals surface area contributed by atoms with Gasteiger partial charge in [0.1, 0.15) is 0 Å². The number of hydrogen-bond donors (Lipinski definition) is 1. The normalized spacial score (nSPS) is 18.3. The Labute approximate surface area is 151 Å². The molecule has 1 heterocycles. The molecule has 2 rings (SSSR count). The van der Waals surface area contributed by atoms with Crippen molar-refractivity contribution in [2.24, 2.45) is 5.92 Å². The molecule has 0 spiro atoms. The number of carbonyl (C=O) groups excluding carboxylic acids is 2. The highest BCUT2D eigenvalue weighted by Crippen LogP contribution is 2.36. The minimum atomic E-state index is -5.03. The van der Waals surface area contributed by atoms with E-state index in [-0.39, 0.29) is 25.1 Å². The van der Waals surface area contributed by atoms with E-state index in [1.54, 1.807) is 6.92 Å². The van der Waals surface area contributed by atoms with Crippen LogP contribution in [0.1, 0.15) is 41.3 Å². The highest BCUT2D eigenvalue weighted by molar-refractivity contribution is 5.95. The Balaban J connectivity index is 2.33. The van der Waals surface area contributed by atoms with Gasteiger partial charge in [-0.05, 0) is 38.0 Å². The first-order valence-corrected chi connectivity index (χ1v) is 8.30. The molecule has 1 aromatic rings. The molecule has 1 saturated heterocycles. The van der Waals surface area contributed by atoms with Crippen LogP contribution in [-0.4, -0.2) is 36.3 Å². The number of piperidine rings is 1. The van der Waals surface area contributed by atoms with Gasteiger partial charge in [-0.15, -0.1) is 0 Å². The third kappa shape index (κ3) is 5.14. The summed E-state index contributed by atoms with van der Waals surface area (Å²) < 4.78 is 77.7. The van der Waals surface area contributed by atoms with Gasteiger partial charge in [-0.2, -0.15) is 26.3 Å². The van der Waals surface area contributed by atoms with Crippen molar-refractivity contribution in [3.63, 3.8) is 0 Å². The second kappa shape index (κ2) is 7.77. The maximum absolute atomic E-state index is 12.9. The molecule has 1 unspecified atom stereocenters. The van der Waals surface area contributed by atoms with E-state index in [2.05, 4.69) is 5.32 Å². The molecule has 1 aromatic carbocycles. The van der Waals surface area contributed by atoms with Gasteiger partial charge in [-0.1, -0.05) is 0 Å². The van der Waals surface area contributed by atoms with Crippen LogP contribution in [-0.2, 0) is 17.1 Å². The maximum atomic E-state index is 12.9. The van der Waals surface area contributed by atoms with Crippen molar-refractivity contribution in [2.75, 3.05) is 19.6 Å². The molecule has 1 fully saturated rings. The van der Waals surface area contributed by atoms with Crippen molar-refractivity contribution < 1.29 is 35.9 Å². The zero-order valence-electron chi connectivity index (χ0n) is 14.4. The number of carbonyl (C=O) groups is 2. The van der Waals surface area contributed by atoms with Crippen LogP contribution in [0, 0.1) is 5.92 Å². The van der Waals surface area contributed by atoms with Crippen LogP contribution in [0.25, 0.3) is 0 Å². The number of alkyl halides is 6. The lowest BCUT2D eigenvalue weighted by atomic mass is 9.96. The topological polar surface area (TPSA) is 49.4 Å². The number of rotatable bonds is 3. The van der Waals surface area contributed by atoms with Crippen LogP contribution in [0.3, 0.4) is 0 Å². The number of likely N-dealkylation sites (tertiary alicyclic amines) is 1. The van der Waals surface area contributed by atoms with E-state index in [9.17, 15) is 35.9 Å². The molecule has 150 valence electrons. The first-order valence-electron chi connectivity index (χ1n) is 8.30. The molecule has 1 N–H and O–H groups in total. The second-order valence-corrected chi connectivity index (χ2v) is 6.28. The van der Waals surface area contributed by atoms with E-state index in [1.807, 2.05) is 0 Å². The van der Waals surface area contributed by atoms with Gasteiger partial charge in [-0.3, -0.25) is 9.59 Å². The van der Waals surface area contributed by atoms with Gasteiger partial charge < -0.3 is 10.2 Å². The lowest BCUT2D eigenvalue weighted by Crippen LogP contribution is -2.45. The smallest absolute Gasteiger partial charge is 0.356 e. The van der Waals surface area contributed by atoms with Gasteiger partial charge in [0.05, 0.1) is 17.0 Å². The Bertz CT molecular complexity index is 682. The molecular weight excluding hydrogens is 378 g/mol. The first-order chi connectivity index (χ1) is 12.4. The van der Waals surface area contributed by atoms with Crippen LogP contribution < -0.4 is 5.32 Å². The Morgan fingerprint density at radius 1 is 1.07 bits per heavy atom. The fraction of sp³-hybridized carbons (Fsp3) is 0.529. The lowest BCUT2D eigenvalue weighted by Gasteiger charge is -2.32. The third-order valence-corrected chi connectivity index (χ3v) is 4.27. The summed E-state index contributed by atoms with van der Waals surface area (Å²) in [6.07, 6.45) is -9.13. The van der Waals surface area contributed by atoms with Crippen LogP contribution in [0.2, 0.25) is 0 Å². The molecule has 0 aromatic heterocycles. The Morgan fingerprint density at radius 3 is 2.11 bits per heavy atom. The van der Waals surface area contributed by atoms with Gasteiger partial charge in [0.15, 0.2) is 0 Å². The van der Waals surface area contributed by atoms with E-state index >= 15 is 0 Å². The summed E-state index contributed by atoms with van der Waals surface area (Å²) in [6.45, 7) is 2.20. The number of amides is 2. The zero-order chi connectivity index (χ0) is 20.4. The van der Waals surface area contributed by atoms with Crippen LogP contribution in [0.15, 0.2) is 18.2 Å². The van der Waals surface area contributed by atoms with Gasteiger partial charge in [-0.25, -0.2) is 0 Å². The Hall–Kier alpha value is -2.26. The Morgan fingerprint density at radius 2 is 1.63 bits per heavy atom. The quantitative estimate of drug-likeness (QED) is 0.792. The molecule has 1 aliphatic rings. The highest BCUT2D eigenvalue weighted by Gasteiger charge is 2.38. The fourth-order valence-corrected chi connectivity index (χ4v) is 2.96. The number of benzene rings is 1. The third-order valence-electron chi connectivity index (χ3n) is 4.27. The van der Waals surface area contributed by atoms with E-state index in [4.69, 9.17) is 0 Å². The molecule has 0 aliphatic carbocycles. The van der Waals surface area contributed by atoms with Gasteiger partial charge in [0, 0.05) is 25.2 Å². The van der Waals surface area contributed by atoms with Gasteiger partial charge in [0.2, 0.25) is 5.91 Å². The summed E-state index contributed by atoms with van der Waals surface area (Å²) in [5.74, 6) is -1.80. The lowest BCUT2D eigenvalue weighted by molar-refractivity contribution is -0.143. The molecule has 0 radical (unpaired) electrons. The number of hydrogen-bond acceptors (Lipinski definition) is 2. The van der Waals surface area contributed by atoms with Crippen molar-refractivity contribution >= 4 is 11.8 Å². The Kier molecular flexibility index (Phi) is 6.06. The van der Waals surface area contributed by atoms with E-state index in [1.165, 1.54) is 0 Å². The molecule has 2 amide bonds. The molecule has 10 heteroatoms. The van der Waals surface area contributed by atoms with Gasteiger partial charge in [0.25, 0.3) is 5.91 Å². The summed E-state index contributed by atoms with van der Waals surface area (Å²) in [5, 5.41) is 2.60. The standard InChI is InChI=1S/C17H18F6N2O2/c1-2-24-14(26)10-4-3-5-25(9-10)15(27)11-6-12(16(18,19)20)8-13(7-11)17(21,22)23/h6-8,10H,2-5,9H2,1H3,(H,24,26). The summed E-state index contributed by atoms with van der Waals surface area (Å²) in [4.78, 5) is 25.6. The SMILES string of the molecule is CCNC(=O)C1CCCN(C(=O)c2cc(C(F)(F)F)cc(C(F)(F)F)c2)C1. The molecular formula is C17H18F6N2O2. The van der Waals surface area contributed by atoms with E-state index in [0.717, 1.165) is 4.90 Å². The monoisotopic (exact) mass is 396 g/mol. The molecule has 1 aliphatic heterocycles. The fourth-order valence-electron chi connectivity index (χ4n) is 2.96. The van der Waals surface area contributed by atoms with Crippen molar-refractivity contribution in [3.05, 3.63) is 34.9 Å². The molecule has 4 nitrogen and oxygen atoms in total. The van der Waals surface area contributed by atoms with E-state index < -0.39 is 40.9 Å². The summed E-state index contributed by atoms with van der Waals surface area (Å²) in [5.41, 5.74) is -3.79. The molecule has 1 atom stereocenters. The average Bonchev–Trinajstić information content (AvgIpc) is 2.59. The maximum Gasteiger partial charge on any atom is 0.416 e. The summed E-state index contributed by atoms with van der Waals surface area (Å²) in [6, 6.07) is 0.797.